The highest BCUT2D eigenvalue weighted by Gasteiger charge is 2.37. The normalized spacial score (nSPS) is 14.2. The number of ether oxygens (including phenoxy) is 5. The van der Waals surface area contributed by atoms with Crippen molar-refractivity contribution in [1.82, 2.24) is 0 Å². The minimum atomic E-state index is -1.57. The Morgan fingerprint density at radius 1 is 1.09 bits per heavy atom. The largest absolute Gasteiger partial charge is 0.508 e. The minimum absolute atomic E-state index is 0.0175. The summed E-state index contributed by atoms with van der Waals surface area (Å²) in [5.41, 5.74) is 0.638. The number of aliphatic hydroxyl groups is 1. The van der Waals surface area contributed by atoms with Gasteiger partial charge in [0.25, 0.3) is 0 Å². The third kappa shape index (κ3) is 3.90. The number of aryl methyl sites for hydroxylation is 1. The lowest BCUT2D eigenvalue weighted by Gasteiger charge is -2.25. The van der Waals surface area contributed by atoms with Gasteiger partial charge in [-0.25, -0.2) is 9.59 Å². The van der Waals surface area contributed by atoms with Crippen molar-refractivity contribution in [3.63, 3.8) is 0 Å². The van der Waals surface area contributed by atoms with Crippen LogP contribution in [-0.4, -0.2) is 54.7 Å². The molecule has 2 atom stereocenters. The van der Waals surface area contributed by atoms with Gasteiger partial charge in [-0.05, 0) is 25.5 Å². The van der Waals surface area contributed by atoms with E-state index < -0.39 is 24.1 Å². The Morgan fingerprint density at radius 2 is 1.78 bits per heavy atom. The highest BCUT2D eigenvalue weighted by molar-refractivity contribution is 5.99. The van der Waals surface area contributed by atoms with E-state index >= 15 is 0 Å². The molecule has 0 radical (unpaired) electrons. The fourth-order valence-electron chi connectivity index (χ4n) is 3.68. The second kappa shape index (κ2) is 8.93. The molecule has 1 heterocycles. The molecule has 10 heteroatoms. The first kappa shape index (κ1) is 23.2. The predicted molar refractivity (Wildman–Crippen MR) is 110 cm³/mol. The topological polar surface area (TPSA) is 141 Å². The van der Waals surface area contributed by atoms with Gasteiger partial charge < -0.3 is 39.0 Å². The Kier molecular flexibility index (Phi) is 6.47. The van der Waals surface area contributed by atoms with Crippen LogP contribution in [0.4, 0.5) is 0 Å². The fourth-order valence-corrected chi connectivity index (χ4v) is 3.68. The van der Waals surface area contributed by atoms with E-state index in [0.717, 1.165) is 7.11 Å². The average molecular weight is 448 g/mol. The molecule has 172 valence electrons. The Morgan fingerprint density at radius 3 is 2.38 bits per heavy atom. The number of hydrogen-bond donors (Lipinski definition) is 3. The van der Waals surface area contributed by atoms with E-state index in [9.17, 15) is 24.9 Å². The van der Waals surface area contributed by atoms with Crippen molar-refractivity contribution in [3.8, 4) is 34.5 Å². The molecular formula is C22H24O10. The maximum atomic E-state index is 13.0. The number of fused-ring (bicyclic) bond motifs is 2. The zero-order chi connectivity index (χ0) is 23.7. The number of aromatic hydroxyl groups is 2. The second-order valence-electron chi connectivity index (χ2n) is 7.21. The van der Waals surface area contributed by atoms with Crippen molar-refractivity contribution in [3.05, 3.63) is 34.4 Å². The lowest BCUT2D eigenvalue weighted by atomic mass is 9.94. The molecule has 0 saturated carbocycles. The molecule has 32 heavy (non-hydrogen) atoms. The molecule has 3 N–H and O–H groups in total. The van der Waals surface area contributed by atoms with Crippen LogP contribution in [0.3, 0.4) is 0 Å². The van der Waals surface area contributed by atoms with Crippen molar-refractivity contribution in [1.29, 1.82) is 0 Å². The molecule has 2 aromatic rings. The van der Waals surface area contributed by atoms with Crippen LogP contribution in [0, 0.1) is 13.8 Å². The summed E-state index contributed by atoms with van der Waals surface area (Å²) in [6, 6.07) is 2.65. The van der Waals surface area contributed by atoms with Gasteiger partial charge in [0.1, 0.15) is 11.3 Å². The number of carbonyl (C=O) groups is 2. The molecule has 1 aliphatic rings. The van der Waals surface area contributed by atoms with Gasteiger partial charge in [-0.2, -0.15) is 0 Å². The van der Waals surface area contributed by atoms with Crippen LogP contribution in [0.2, 0.25) is 0 Å². The van der Waals surface area contributed by atoms with E-state index in [4.69, 9.17) is 18.9 Å². The van der Waals surface area contributed by atoms with E-state index in [-0.39, 0.29) is 57.6 Å². The maximum absolute atomic E-state index is 13.0. The zero-order valence-electron chi connectivity index (χ0n) is 18.2. The summed E-state index contributed by atoms with van der Waals surface area (Å²) >= 11 is 0. The monoisotopic (exact) mass is 448 g/mol. The fraction of sp³-hybridized carbons (Fsp3) is 0.364. The number of benzene rings is 2. The van der Waals surface area contributed by atoms with Crippen molar-refractivity contribution >= 4 is 11.9 Å². The molecule has 0 amide bonds. The maximum Gasteiger partial charge on any atom is 0.347 e. The highest BCUT2D eigenvalue weighted by Crippen LogP contribution is 2.52. The van der Waals surface area contributed by atoms with Gasteiger partial charge in [0.15, 0.2) is 34.9 Å². The first-order chi connectivity index (χ1) is 15.1. The number of methoxy groups -OCH3 is 3. The summed E-state index contributed by atoms with van der Waals surface area (Å²) < 4.78 is 26.8. The first-order valence-electron chi connectivity index (χ1n) is 9.60. The quantitative estimate of drug-likeness (QED) is 0.446. The first-order valence-corrected chi connectivity index (χ1v) is 9.60. The van der Waals surface area contributed by atoms with Crippen LogP contribution in [-0.2, 0) is 14.3 Å². The van der Waals surface area contributed by atoms with Gasteiger partial charge in [0, 0.05) is 25.2 Å². The van der Waals surface area contributed by atoms with Gasteiger partial charge in [0.2, 0.25) is 0 Å². The van der Waals surface area contributed by atoms with E-state index in [0.29, 0.717) is 5.56 Å². The van der Waals surface area contributed by atoms with Crippen LogP contribution in [0.1, 0.15) is 39.6 Å². The standard InChI is InChI=1S/C22H24O10/c1-9-6-11(23)7-14-18(9)32-20-15(22(27)31-14)10(2)19(29-4)17(25)16(20)13(28-3)8-12(24)21(26)30-5/h6-7,12-13,23-25H,8H2,1-5H3/t12-,13+/m1/s1. The Balaban J connectivity index is 2.28. The average Bonchev–Trinajstić information content (AvgIpc) is 2.88. The predicted octanol–water partition coefficient (Wildman–Crippen LogP) is 2.66. The minimum Gasteiger partial charge on any atom is -0.508 e. The molecule has 10 nitrogen and oxygen atoms in total. The van der Waals surface area contributed by atoms with Crippen LogP contribution >= 0.6 is 0 Å². The number of esters is 2. The molecular weight excluding hydrogens is 424 g/mol. The third-order valence-corrected chi connectivity index (χ3v) is 5.21. The number of aliphatic hydroxyl groups excluding tert-OH is 1. The van der Waals surface area contributed by atoms with Gasteiger partial charge in [-0.3, -0.25) is 0 Å². The van der Waals surface area contributed by atoms with Crippen molar-refractivity contribution in [2.45, 2.75) is 32.5 Å². The van der Waals surface area contributed by atoms with E-state index in [1.807, 2.05) is 0 Å². The molecule has 0 aliphatic carbocycles. The molecule has 2 aromatic carbocycles. The summed E-state index contributed by atoms with van der Waals surface area (Å²) in [6.45, 7) is 3.18. The number of phenols is 2. The van der Waals surface area contributed by atoms with E-state index in [1.54, 1.807) is 6.92 Å². The summed E-state index contributed by atoms with van der Waals surface area (Å²) in [5, 5.41) is 31.1. The molecule has 0 aromatic heterocycles. The van der Waals surface area contributed by atoms with Gasteiger partial charge in [-0.1, -0.05) is 0 Å². The number of rotatable bonds is 6. The highest BCUT2D eigenvalue weighted by atomic mass is 16.6. The Bertz CT molecular complexity index is 1080. The summed E-state index contributed by atoms with van der Waals surface area (Å²) in [4.78, 5) is 24.8. The SMILES string of the molecule is COC(=O)[C@H](O)C[C@H](OC)c1c(O)c(OC)c(C)c2c1Oc1c(C)cc(O)cc1OC2=O. The van der Waals surface area contributed by atoms with Gasteiger partial charge in [0.05, 0.1) is 25.9 Å². The molecule has 0 unspecified atom stereocenters. The van der Waals surface area contributed by atoms with Crippen LogP contribution < -0.4 is 14.2 Å². The smallest absolute Gasteiger partial charge is 0.347 e. The van der Waals surface area contributed by atoms with E-state index in [2.05, 4.69) is 4.74 Å². The van der Waals surface area contributed by atoms with Crippen molar-refractivity contribution in [2.75, 3.05) is 21.3 Å². The summed E-state index contributed by atoms with van der Waals surface area (Å²) in [7, 11) is 3.74. The van der Waals surface area contributed by atoms with Crippen molar-refractivity contribution in [2.24, 2.45) is 0 Å². The Hall–Kier alpha value is -3.50. The zero-order valence-corrected chi connectivity index (χ0v) is 18.2. The van der Waals surface area contributed by atoms with Gasteiger partial charge >= 0.3 is 11.9 Å². The van der Waals surface area contributed by atoms with E-state index in [1.165, 1.54) is 33.3 Å². The number of carbonyl (C=O) groups excluding carboxylic acids is 2. The number of hydrogen-bond acceptors (Lipinski definition) is 10. The lowest BCUT2D eigenvalue weighted by molar-refractivity contribution is -0.152. The van der Waals surface area contributed by atoms with Gasteiger partial charge in [-0.15, -0.1) is 0 Å². The molecule has 0 spiro atoms. The van der Waals surface area contributed by atoms with Crippen LogP contribution in [0.25, 0.3) is 0 Å². The van der Waals surface area contributed by atoms with Crippen LogP contribution in [0.5, 0.6) is 34.5 Å². The van der Waals surface area contributed by atoms with Crippen LogP contribution in [0.15, 0.2) is 12.1 Å². The second-order valence-corrected chi connectivity index (χ2v) is 7.21. The molecule has 3 rings (SSSR count). The summed E-state index contributed by atoms with van der Waals surface area (Å²) in [6.07, 6.45) is -2.98. The molecule has 1 aliphatic heterocycles. The van der Waals surface area contributed by atoms with Crippen molar-refractivity contribution < 1.29 is 48.6 Å². The molecule has 0 fully saturated rings. The summed E-state index contributed by atoms with van der Waals surface area (Å²) in [5.74, 6) is -2.21. The third-order valence-electron chi connectivity index (χ3n) is 5.21. The molecule has 0 bridgehead atoms. The molecule has 0 saturated heterocycles. The number of phenolic OH excluding ortho intramolecular Hbond substituents is 2. The Labute approximate surface area is 183 Å². The lowest BCUT2D eigenvalue weighted by Crippen LogP contribution is -2.25.